The standard InChI is InChI=1S/C42H46N4O6/c1-29(43-27-40(49)35-17-18-39(48)36(23-35)28-47)19-32-7-5-8-33(20-32)22-41(50)44-24-30-13-15-31(16-14-30)25-45-42(51)46-26-34-9-6-12-38(21-34)52-37-10-3-2-4-11-37/h2-18,20-21,23,29,40,43,47-49H,19,22,24-28H2,1H3,(H,44,50)(H2,45,46,51)/t29?,40-/m0/s1. The number of carbonyl (C=O) groups is 2. The highest BCUT2D eigenvalue weighted by Crippen LogP contribution is 2.23. The summed E-state index contributed by atoms with van der Waals surface area (Å²) in [5.41, 5.74) is 5.80. The zero-order valence-electron chi connectivity index (χ0n) is 29.2. The van der Waals surface area contributed by atoms with E-state index >= 15 is 0 Å². The van der Waals surface area contributed by atoms with E-state index < -0.39 is 6.10 Å². The summed E-state index contributed by atoms with van der Waals surface area (Å²) in [6.07, 6.45) is 0.176. The van der Waals surface area contributed by atoms with E-state index in [1.807, 2.05) is 110 Å². The Hall–Kier alpha value is -5.68. The van der Waals surface area contributed by atoms with Gasteiger partial charge in [0.25, 0.3) is 0 Å². The van der Waals surface area contributed by atoms with Crippen LogP contribution >= 0.6 is 0 Å². The van der Waals surface area contributed by atoms with E-state index in [0.717, 1.165) is 33.6 Å². The van der Waals surface area contributed by atoms with E-state index in [2.05, 4.69) is 21.3 Å². The van der Waals surface area contributed by atoms with Crippen LogP contribution < -0.4 is 26.0 Å². The summed E-state index contributed by atoms with van der Waals surface area (Å²) < 4.78 is 5.87. The van der Waals surface area contributed by atoms with Crippen LogP contribution in [0, 0.1) is 0 Å². The molecule has 3 amide bonds. The van der Waals surface area contributed by atoms with Gasteiger partial charge in [0.05, 0.1) is 19.1 Å². The summed E-state index contributed by atoms with van der Waals surface area (Å²) in [7, 11) is 0. The first kappa shape index (κ1) is 37.6. The minimum Gasteiger partial charge on any atom is -0.508 e. The molecule has 0 aliphatic rings. The molecule has 5 aromatic rings. The van der Waals surface area contributed by atoms with Crippen molar-refractivity contribution in [3.63, 3.8) is 0 Å². The fourth-order valence-corrected chi connectivity index (χ4v) is 5.66. The summed E-state index contributed by atoms with van der Waals surface area (Å²) in [6, 6.07) is 37.3. The topological polar surface area (TPSA) is 152 Å². The Balaban J connectivity index is 0.990. The van der Waals surface area contributed by atoms with Gasteiger partial charge in [0.15, 0.2) is 0 Å². The minimum absolute atomic E-state index is 0.000526. The molecule has 10 nitrogen and oxygen atoms in total. The largest absolute Gasteiger partial charge is 0.508 e. The van der Waals surface area contributed by atoms with E-state index in [1.54, 1.807) is 12.1 Å². The molecule has 0 aliphatic heterocycles. The number of carbonyl (C=O) groups excluding carboxylic acids is 2. The SMILES string of the molecule is CC(Cc1cccc(CC(=O)NCc2ccc(CNC(=O)NCc3cccc(Oc4ccccc4)c3)cc2)c1)NC[C@H](O)c1ccc(O)c(CO)c1. The van der Waals surface area contributed by atoms with Crippen LogP contribution in [0.3, 0.4) is 0 Å². The van der Waals surface area contributed by atoms with Gasteiger partial charge in [-0.25, -0.2) is 4.79 Å². The molecule has 5 rings (SSSR count). The molecule has 52 heavy (non-hydrogen) atoms. The molecule has 0 aromatic heterocycles. The number of amides is 3. The van der Waals surface area contributed by atoms with Gasteiger partial charge in [-0.2, -0.15) is 0 Å². The van der Waals surface area contributed by atoms with Gasteiger partial charge < -0.3 is 41.3 Å². The number of aliphatic hydroxyl groups is 2. The quantitative estimate of drug-likeness (QED) is 0.0648. The lowest BCUT2D eigenvalue weighted by Gasteiger charge is -2.18. The van der Waals surface area contributed by atoms with Gasteiger partial charge in [-0.15, -0.1) is 0 Å². The van der Waals surface area contributed by atoms with Crippen molar-refractivity contribution >= 4 is 11.9 Å². The number of hydrogen-bond acceptors (Lipinski definition) is 7. The Bertz CT molecular complexity index is 1900. The van der Waals surface area contributed by atoms with Gasteiger partial charge in [0.2, 0.25) is 5.91 Å². The molecule has 0 heterocycles. The third-order valence-electron chi connectivity index (χ3n) is 8.51. The molecule has 2 atom stereocenters. The Morgan fingerprint density at radius 1 is 0.673 bits per heavy atom. The molecule has 0 spiro atoms. The summed E-state index contributed by atoms with van der Waals surface area (Å²) >= 11 is 0. The highest BCUT2D eigenvalue weighted by Gasteiger charge is 2.13. The number of urea groups is 1. The monoisotopic (exact) mass is 702 g/mol. The fraction of sp³-hybridized carbons (Fsp3) is 0.238. The Kier molecular flexibility index (Phi) is 13.8. The van der Waals surface area contributed by atoms with Crippen molar-refractivity contribution in [1.82, 2.24) is 21.3 Å². The van der Waals surface area contributed by atoms with Gasteiger partial charge in [0, 0.05) is 37.8 Å². The van der Waals surface area contributed by atoms with Crippen LogP contribution in [0.4, 0.5) is 4.79 Å². The van der Waals surface area contributed by atoms with E-state index in [1.165, 1.54) is 6.07 Å². The average Bonchev–Trinajstić information content (AvgIpc) is 3.16. The lowest BCUT2D eigenvalue weighted by atomic mass is 10.0. The van der Waals surface area contributed by atoms with Crippen LogP contribution in [0.1, 0.15) is 52.0 Å². The van der Waals surface area contributed by atoms with E-state index in [0.29, 0.717) is 49.5 Å². The van der Waals surface area contributed by atoms with E-state index in [9.17, 15) is 24.9 Å². The van der Waals surface area contributed by atoms with Crippen LogP contribution in [0.25, 0.3) is 0 Å². The number of ether oxygens (including phenoxy) is 1. The normalized spacial score (nSPS) is 12.1. The van der Waals surface area contributed by atoms with Crippen LogP contribution in [0.15, 0.2) is 121 Å². The summed E-state index contributed by atoms with van der Waals surface area (Å²) in [5.74, 6) is 1.37. The number of nitrogens with one attached hydrogen (secondary N) is 4. The number of hydrogen-bond donors (Lipinski definition) is 7. The van der Waals surface area contributed by atoms with Crippen LogP contribution in [-0.4, -0.2) is 39.8 Å². The molecule has 10 heteroatoms. The molecule has 0 fully saturated rings. The predicted molar refractivity (Wildman–Crippen MR) is 201 cm³/mol. The summed E-state index contributed by atoms with van der Waals surface area (Å²) in [6.45, 7) is 3.16. The summed E-state index contributed by atoms with van der Waals surface area (Å²) in [5, 5.41) is 41.8. The van der Waals surface area contributed by atoms with Crippen molar-refractivity contribution in [3.8, 4) is 17.2 Å². The third kappa shape index (κ3) is 12.0. The van der Waals surface area contributed by atoms with Crippen molar-refractivity contribution in [1.29, 1.82) is 0 Å². The lowest BCUT2D eigenvalue weighted by Crippen LogP contribution is -2.34. The molecule has 1 unspecified atom stereocenters. The summed E-state index contributed by atoms with van der Waals surface area (Å²) in [4.78, 5) is 25.2. The Morgan fingerprint density at radius 2 is 1.31 bits per heavy atom. The molecule has 0 aliphatic carbocycles. The maximum absolute atomic E-state index is 12.8. The van der Waals surface area contributed by atoms with Crippen LogP contribution in [-0.2, 0) is 43.9 Å². The smallest absolute Gasteiger partial charge is 0.315 e. The van der Waals surface area contributed by atoms with Crippen molar-refractivity contribution in [2.45, 2.75) is 58.2 Å². The second-order valence-electron chi connectivity index (χ2n) is 12.8. The molecule has 0 bridgehead atoms. The average molecular weight is 703 g/mol. The first-order chi connectivity index (χ1) is 25.2. The Morgan fingerprint density at radius 3 is 2.04 bits per heavy atom. The Labute approximate surface area is 304 Å². The van der Waals surface area contributed by atoms with Crippen LogP contribution in [0.2, 0.25) is 0 Å². The maximum Gasteiger partial charge on any atom is 0.315 e. The van der Waals surface area contributed by atoms with Crippen molar-refractivity contribution < 1.29 is 29.6 Å². The second-order valence-corrected chi connectivity index (χ2v) is 12.8. The first-order valence-electron chi connectivity index (χ1n) is 17.3. The maximum atomic E-state index is 12.8. The van der Waals surface area contributed by atoms with Crippen LogP contribution in [0.5, 0.6) is 17.2 Å². The number of aromatic hydroxyl groups is 1. The minimum atomic E-state index is -0.787. The highest BCUT2D eigenvalue weighted by molar-refractivity contribution is 5.78. The van der Waals surface area contributed by atoms with E-state index in [4.69, 9.17) is 4.74 Å². The highest BCUT2D eigenvalue weighted by atomic mass is 16.5. The predicted octanol–water partition coefficient (Wildman–Crippen LogP) is 5.79. The van der Waals surface area contributed by atoms with Gasteiger partial charge >= 0.3 is 6.03 Å². The lowest BCUT2D eigenvalue weighted by molar-refractivity contribution is -0.120. The fourth-order valence-electron chi connectivity index (χ4n) is 5.66. The third-order valence-corrected chi connectivity index (χ3v) is 8.51. The molecule has 270 valence electrons. The molecular formula is C42H46N4O6. The van der Waals surface area contributed by atoms with Gasteiger partial charge in [-0.3, -0.25) is 4.79 Å². The van der Waals surface area contributed by atoms with Crippen molar-refractivity contribution in [3.05, 3.63) is 160 Å². The molecule has 0 saturated carbocycles. The molecule has 0 radical (unpaired) electrons. The number of rotatable bonds is 17. The number of benzene rings is 5. The number of phenols is 1. The van der Waals surface area contributed by atoms with Crippen molar-refractivity contribution in [2.75, 3.05) is 6.54 Å². The van der Waals surface area contributed by atoms with Gasteiger partial charge in [-0.1, -0.05) is 84.9 Å². The van der Waals surface area contributed by atoms with Gasteiger partial charge in [-0.05, 0) is 83.1 Å². The zero-order chi connectivity index (χ0) is 36.7. The molecule has 0 saturated heterocycles. The second kappa shape index (κ2) is 19.1. The number of aliphatic hydroxyl groups excluding tert-OH is 2. The molecule has 7 N–H and O–H groups in total. The van der Waals surface area contributed by atoms with E-state index in [-0.39, 0.29) is 36.8 Å². The van der Waals surface area contributed by atoms with Crippen molar-refractivity contribution in [2.24, 2.45) is 0 Å². The molecular weight excluding hydrogens is 656 g/mol. The first-order valence-corrected chi connectivity index (χ1v) is 17.3. The zero-order valence-corrected chi connectivity index (χ0v) is 29.2. The number of para-hydroxylation sites is 1. The van der Waals surface area contributed by atoms with Gasteiger partial charge in [0.1, 0.15) is 17.2 Å². The molecule has 5 aromatic carbocycles.